The number of rotatable bonds is 3. The van der Waals surface area contributed by atoms with Crippen molar-refractivity contribution in [2.75, 3.05) is 37.9 Å². The molecule has 0 atom stereocenters. The molecular formula is C16H23N3O2S. The first-order valence-electron chi connectivity index (χ1n) is 7.59. The maximum absolute atomic E-state index is 6.15. The van der Waals surface area contributed by atoms with Gasteiger partial charge in [-0.15, -0.1) is 0 Å². The van der Waals surface area contributed by atoms with Gasteiger partial charge in [0.25, 0.3) is 0 Å². The van der Waals surface area contributed by atoms with Crippen LogP contribution in [0.5, 0.6) is 11.5 Å². The van der Waals surface area contributed by atoms with E-state index in [1.807, 2.05) is 23.9 Å². The Morgan fingerprint density at radius 1 is 1.27 bits per heavy atom. The zero-order chi connectivity index (χ0) is 15.6. The SMILES string of the molecule is CC(C)(CN=C(N)N1CCSCC1)c1ccc2c(c1)OCO2. The molecule has 6 heteroatoms. The fraction of sp³-hybridized carbons (Fsp3) is 0.562. The monoisotopic (exact) mass is 321 g/mol. The number of guanidine groups is 1. The Morgan fingerprint density at radius 3 is 2.77 bits per heavy atom. The van der Waals surface area contributed by atoms with Gasteiger partial charge in [0, 0.05) is 30.0 Å². The van der Waals surface area contributed by atoms with E-state index < -0.39 is 0 Å². The van der Waals surface area contributed by atoms with Crippen LogP contribution in [0, 0.1) is 0 Å². The van der Waals surface area contributed by atoms with Crippen LogP contribution in [0.15, 0.2) is 23.2 Å². The molecule has 2 N–H and O–H groups in total. The smallest absolute Gasteiger partial charge is 0.231 e. The summed E-state index contributed by atoms with van der Waals surface area (Å²) in [5.41, 5.74) is 7.23. The van der Waals surface area contributed by atoms with E-state index in [4.69, 9.17) is 15.2 Å². The highest BCUT2D eigenvalue weighted by atomic mass is 32.2. The maximum atomic E-state index is 6.15. The quantitative estimate of drug-likeness (QED) is 0.682. The molecule has 0 unspecified atom stereocenters. The second kappa shape index (κ2) is 6.28. The molecule has 22 heavy (non-hydrogen) atoms. The highest BCUT2D eigenvalue weighted by Crippen LogP contribution is 2.36. The topological polar surface area (TPSA) is 60.1 Å². The van der Waals surface area contributed by atoms with Gasteiger partial charge < -0.3 is 20.1 Å². The van der Waals surface area contributed by atoms with E-state index in [0.29, 0.717) is 19.3 Å². The van der Waals surface area contributed by atoms with Crippen molar-refractivity contribution in [3.05, 3.63) is 23.8 Å². The molecule has 0 aromatic heterocycles. The molecule has 5 nitrogen and oxygen atoms in total. The Kier molecular flexibility index (Phi) is 4.38. The first-order chi connectivity index (χ1) is 10.6. The van der Waals surface area contributed by atoms with Gasteiger partial charge in [0.2, 0.25) is 6.79 Å². The van der Waals surface area contributed by atoms with Crippen molar-refractivity contribution in [2.45, 2.75) is 19.3 Å². The molecule has 1 fully saturated rings. The van der Waals surface area contributed by atoms with E-state index in [-0.39, 0.29) is 5.41 Å². The number of fused-ring (bicyclic) bond motifs is 1. The molecule has 1 saturated heterocycles. The van der Waals surface area contributed by atoms with Crippen LogP contribution < -0.4 is 15.2 Å². The Hall–Kier alpha value is -1.56. The van der Waals surface area contributed by atoms with Crippen LogP contribution in [-0.4, -0.2) is 48.8 Å². The molecule has 1 aromatic carbocycles. The lowest BCUT2D eigenvalue weighted by Gasteiger charge is -2.29. The lowest BCUT2D eigenvalue weighted by Crippen LogP contribution is -2.43. The standard InChI is InChI=1S/C16H23N3O2S/c1-16(2,10-18-15(17)19-5-7-22-8-6-19)12-3-4-13-14(9-12)21-11-20-13/h3-4,9H,5-8,10-11H2,1-2H3,(H2,17,18). The fourth-order valence-corrected chi connectivity index (χ4v) is 3.48. The summed E-state index contributed by atoms with van der Waals surface area (Å²) in [5.74, 6) is 4.54. The lowest BCUT2D eigenvalue weighted by atomic mass is 9.84. The number of hydrogen-bond donors (Lipinski definition) is 1. The number of hydrogen-bond acceptors (Lipinski definition) is 4. The molecule has 2 aliphatic heterocycles. The minimum absolute atomic E-state index is 0.101. The number of ether oxygens (including phenoxy) is 2. The number of nitrogens with two attached hydrogens (primary N) is 1. The number of thioether (sulfide) groups is 1. The summed E-state index contributed by atoms with van der Waals surface area (Å²) < 4.78 is 10.8. The molecule has 0 bridgehead atoms. The van der Waals surface area contributed by atoms with Crippen LogP contribution in [0.4, 0.5) is 0 Å². The van der Waals surface area contributed by atoms with Crippen molar-refractivity contribution in [1.82, 2.24) is 4.90 Å². The van der Waals surface area contributed by atoms with E-state index in [0.717, 1.165) is 36.1 Å². The lowest BCUT2D eigenvalue weighted by molar-refractivity contribution is 0.174. The van der Waals surface area contributed by atoms with E-state index in [1.54, 1.807) is 0 Å². The molecule has 0 spiro atoms. The van der Waals surface area contributed by atoms with Crippen molar-refractivity contribution in [3.8, 4) is 11.5 Å². The van der Waals surface area contributed by atoms with Gasteiger partial charge in [0.15, 0.2) is 17.5 Å². The summed E-state index contributed by atoms with van der Waals surface area (Å²) in [4.78, 5) is 6.80. The van der Waals surface area contributed by atoms with Gasteiger partial charge in [-0.05, 0) is 17.7 Å². The summed E-state index contributed by atoms with van der Waals surface area (Å²) in [6.07, 6.45) is 0. The molecule has 0 saturated carbocycles. The van der Waals surface area contributed by atoms with Crippen LogP contribution in [0.3, 0.4) is 0 Å². The molecule has 3 rings (SSSR count). The van der Waals surface area contributed by atoms with Crippen LogP contribution in [0.1, 0.15) is 19.4 Å². The third-order valence-corrected chi connectivity index (χ3v) is 5.07. The van der Waals surface area contributed by atoms with Gasteiger partial charge >= 0.3 is 0 Å². The van der Waals surface area contributed by atoms with Gasteiger partial charge in [-0.1, -0.05) is 19.9 Å². The van der Waals surface area contributed by atoms with E-state index in [1.165, 1.54) is 5.56 Å². The third-order valence-electron chi connectivity index (χ3n) is 4.13. The Balaban J connectivity index is 1.70. The van der Waals surface area contributed by atoms with Gasteiger partial charge in [-0.3, -0.25) is 4.99 Å². The van der Waals surface area contributed by atoms with Gasteiger partial charge in [0.05, 0.1) is 6.54 Å². The molecule has 2 heterocycles. The van der Waals surface area contributed by atoms with Crippen molar-refractivity contribution in [1.29, 1.82) is 0 Å². The number of benzene rings is 1. The van der Waals surface area contributed by atoms with E-state index >= 15 is 0 Å². The molecule has 120 valence electrons. The van der Waals surface area contributed by atoms with Crippen LogP contribution in [0.2, 0.25) is 0 Å². The van der Waals surface area contributed by atoms with Crippen LogP contribution >= 0.6 is 11.8 Å². The zero-order valence-electron chi connectivity index (χ0n) is 13.2. The van der Waals surface area contributed by atoms with Gasteiger partial charge in [-0.25, -0.2) is 0 Å². The molecular weight excluding hydrogens is 298 g/mol. The normalized spacial score (nSPS) is 18.6. The van der Waals surface area contributed by atoms with E-state index in [9.17, 15) is 0 Å². The first-order valence-corrected chi connectivity index (χ1v) is 8.74. The molecule has 1 aromatic rings. The molecule has 0 amide bonds. The predicted molar refractivity (Wildman–Crippen MR) is 91.0 cm³/mol. The minimum Gasteiger partial charge on any atom is -0.454 e. The molecule has 0 aliphatic carbocycles. The average molecular weight is 321 g/mol. The third kappa shape index (κ3) is 3.27. The minimum atomic E-state index is -0.101. The molecule has 2 aliphatic rings. The van der Waals surface area contributed by atoms with Crippen molar-refractivity contribution in [3.63, 3.8) is 0 Å². The van der Waals surface area contributed by atoms with Crippen LogP contribution in [-0.2, 0) is 5.41 Å². The summed E-state index contributed by atoms with van der Waals surface area (Å²) in [5, 5.41) is 0. The predicted octanol–water partition coefficient (Wildman–Crippen LogP) is 2.06. The second-order valence-corrected chi connectivity index (χ2v) is 7.45. The molecule has 0 radical (unpaired) electrons. The van der Waals surface area contributed by atoms with Crippen LogP contribution in [0.25, 0.3) is 0 Å². The first kappa shape index (κ1) is 15.3. The Morgan fingerprint density at radius 2 is 2.00 bits per heavy atom. The van der Waals surface area contributed by atoms with E-state index in [2.05, 4.69) is 29.8 Å². The number of nitrogens with zero attached hydrogens (tertiary/aromatic N) is 2. The van der Waals surface area contributed by atoms with Gasteiger partial charge in [0.1, 0.15) is 0 Å². The number of aliphatic imine (C=N–C) groups is 1. The Bertz CT molecular complexity index is 569. The largest absolute Gasteiger partial charge is 0.454 e. The zero-order valence-corrected chi connectivity index (χ0v) is 14.0. The summed E-state index contributed by atoms with van der Waals surface area (Å²) in [7, 11) is 0. The average Bonchev–Trinajstić information content (AvgIpc) is 3.01. The summed E-state index contributed by atoms with van der Waals surface area (Å²) in [6, 6.07) is 6.09. The van der Waals surface area contributed by atoms with Gasteiger partial charge in [-0.2, -0.15) is 11.8 Å². The summed E-state index contributed by atoms with van der Waals surface area (Å²) in [6.45, 7) is 7.29. The Labute approximate surface area is 135 Å². The fourth-order valence-electron chi connectivity index (χ4n) is 2.58. The summed E-state index contributed by atoms with van der Waals surface area (Å²) >= 11 is 1.97. The van der Waals surface area contributed by atoms with Crippen molar-refractivity contribution < 1.29 is 9.47 Å². The second-order valence-electron chi connectivity index (χ2n) is 6.23. The highest BCUT2D eigenvalue weighted by molar-refractivity contribution is 7.99. The van der Waals surface area contributed by atoms with Crippen molar-refractivity contribution in [2.24, 2.45) is 10.7 Å². The van der Waals surface area contributed by atoms with Crippen molar-refractivity contribution >= 4 is 17.7 Å². The maximum Gasteiger partial charge on any atom is 0.231 e. The highest BCUT2D eigenvalue weighted by Gasteiger charge is 2.24.